The minimum Gasteiger partial charge on any atom is -0.351 e. The van der Waals surface area contributed by atoms with Crippen LogP contribution in [0.4, 0.5) is 0 Å². The summed E-state index contributed by atoms with van der Waals surface area (Å²) in [5, 5.41) is 3.04. The van der Waals surface area contributed by atoms with Gasteiger partial charge in [0, 0.05) is 25.6 Å². The van der Waals surface area contributed by atoms with Crippen molar-refractivity contribution in [2.45, 2.75) is 112 Å². The topological polar surface area (TPSA) is 121 Å². The largest absolute Gasteiger partial charge is 0.351 e. The van der Waals surface area contributed by atoms with Crippen LogP contribution < -0.4 is 14.8 Å². The van der Waals surface area contributed by atoms with E-state index in [4.69, 9.17) is 0 Å². The summed E-state index contributed by atoms with van der Waals surface area (Å²) in [4.78, 5) is 11.2. The van der Waals surface area contributed by atoms with Gasteiger partial charge in [0.2, 0.25) is 26.0 Å². The first kappa shape index (κ1) is 34.3. The molecule has 0 bridgehead atoms. The van der Waals surface area contributed by atoms with Gasteiger partial charge < -0.3 is 5.32 Å². The molecule has 3 N–H and O–H groups in total. The molecule has 0 atom stereocenters. The highest BCUT2D eigenvalue weighted by atomic mass is 32.2. The standard InChI is InChI=1S/C14H28N2O3S.C13H27NO2S/c1-11(17)16-14(4)8-6-12(7-9-14)13(2,3)10-15-20(5,18)19;1-12(2)8-6-11(7-9-12)13(3,4)10-14-17(5,15)16/h12,15H,6-10H2,1-5H3,(H,16,17);11,14H,6-10H2,1-5H3. The highest BCUT2D eigenvalue weighted by Gasteiger charge is 2.38. The summed E-state index contributed by atoms with van der Waals surface area (Å²) in [5.74, 6) is 1.12. The lowest BCUT2D eigenvalue weighted by Gasteiger charge is -2.43. The van der Waals surface area contributed by atoms with Crippen molar-refractivity contribution in [2.24, 2.45) is 28.1 Å². The van der Waals surface area contributed by atoms with Crippen molar-refractivity contribution in [1.29, 1.82) is 0 Å². The van der Waals surface area contributed by atoms with E-state index >= 15 is 0 Å². The highest BCUT2D eigenvalue weighted by Crippen LogP contribution is 2.45. The number of hydrogen-bond acceptors (Lipinski definition) is 5. The van der Waals surface area contributed by atoms with Crippen LogP contribution in [0.25, 0.3) is 0 Å². The minimum atomic E-state index is -3.14. The van der Waals surface area contributed by atoms with Gasteiger partial charge in [0.25, 0.3) is 0 Å². The molecule has 0 aliphatic heterocycles. The second-order valence-corrected chi connectivity index (χ2v) is 17.8. The summed E-state index contributed by atoms with van der Waals surface area (Å²) in [5.41, 5.74) is 0.347. The molecule has 2 rings (SSSR count). The average Bonchev–Trinajstić information content (AvgIpc) is 2.70. The summed E-state index contributed by atoms with van der Waals surface area (Å²) in [6, 6.07) is 0. The van der Waals surface area contributed by atoms with E-state index in [0.29, 0.717) is 30.3 Å². The molecule has 0 heterocycles. The van der Waals surface area contributed by atoms with Crippen molar-refractivity contribution in [3.8, 4) is 0 Å². The highest BCUT2D eigenvalue weighted by molar-refractivity contribution is 7.89. The number of nitrogens with one attached hydrogen (secondary N) is 3. The molecule has 8 nitrogen and oxygen atoms in total. The molecule has 0 aromatic heterocycles. The molecular formula is C27H55N3O5S2. The molecule has 0 radical (unpaired) electrons. The first-order chi connectivity index (χ1) is 16.5. The molecule has 2 saturated carbocycles. The predicted molar refractivity (Wildman–Crippen MR) is 153 cm³/mol. The fourth-order valence-electron chi connectivity index (χ4n) is 5.69. The van der Waals surface area contributed by atoms with E-state index in [1.54, 1.807) is 6.92 Å². The van der Waals surface area contributed by atoms with E-state index in [1.165, 1.54) is 38.2 Å². The number of carbonyl (C=O) groups is 1. The predicted octanol–water partition coefficient (Wildman–Crippen LogP) is 4.43. The van der Waals surface area contributed by atoms with E-state index in [1.807, 2.05) is 0 Å². The molecule has 0 unspecified atom stereocenters. The number of amides is 1. The Morgan fingerprint density at radius 2 is 1.05 bits per heavy atom. The summed E-state index contributed by atoms with van der Waals surface area (Å²) < 4.78 is 50.0. The lowest BCUT2D eigenvalue weighted by Crippen LogP contribution is -2.49. The van der Waals surface area contributed by atoms with Crippen LogP contribution in [-0.2, 0) is 24.8 Å². The fourth-order valence-corrected chi connectivity index (χ4v) is 6.96. The molecule has 0 aromatic carbocycles. The van der Waals surface area contributed by atoms with Gasteiger partial charge in [-0.2, -0.15) is 0 Å². The van der Waals surface area contributed by atoms with E-state index in [-0.39, 0.29) is 22.3 Å². The normalized spacial score (nSPS) is 25.6. The Bertz CT molecular complexity index is 954. The van der Waals surface area contributed by atoms with Crippen molar-refractivity contribution < 1.29 is 21.6 Å². The zero-order chi connectivity index (χ0) is 28.9. The Balaban J connectivity index is 0.000000375. The zero-order valence-electron chi connectivity index (χ0n) is 25.1. The molecule has 10 heteroatoms. The summed E-state index contributed by atoms with van der Waals surface area (Å²) in [6.45, 7) is 17.9. The third-order valence-corrected chi connectivity index (χ3v) is 10.0. The Morgan fingerprint density at radius 3 is 1.35 bits per heavy atom. The van der Waals surface area contributed by atoms with Gasteiger partial charge in [-0.1, -0.05) is 41.5 Å². The van der Waals surface area contributed by atoms with Crippen LogP contribution in [0.3, 0.4) is 0 Å². The van der Waals surface area contributed by atoms with Crippen LogP contribution in [0.15, 0.2) is 0 Å². The second-order valence-electron chi connectivity index (χ2n) is 14.1. The Hall–Kier alpha value is -0.710. The van der Waals surface area contributed by atoms with E-state index in [2.05, 4.69) is 63.2 Å². The minimum absolute atomic E-state index is 0.0175. The molecule has 220 valence electrons. The second kappa shape index (κ2) is 12.6. The third kappa shape index (κ3) is 13.3. The van der Waals surface area contributed by atoms with Gasteiger partial charge in [-0.15, -0.1) is 0 Å². The number of rotatable bonds is 9. The van der Waals surface area contributed by atoms with Gasteiger partial charge in [0.15, 0.2) is 0 Å². The van der Waals surface area contributed by atoms with Crippen LogP contribution in [0.2, 0.25) is 0 Å². The van der Waals surface area contributed by atoms with Gasteiger partial charge in [0.05, 0.1) is 12.5 Å². The molecule has 2 fully saturated rings. The Morgan fingerprint density at radius 1 is 0.730 bits per heavy atom. The van der Waals surface area contributed by atoms with Crippen molar-refractivity contribution in [3.05, 3.63) is 0 Å². The molecule has 2 aliphatic rings. The van der Waals surface area contributed by atoms with Gasteiger partial charge in [-0.05, 0) is 86.4 Å². The quantitative estimate of drug-likeness (QED) is 0.382. The van der Waals surface area contributed by atoms with Gasteiger partial charge in [0.1, 0.15) is 0 Å². The monoisotopic (exact) mass is 565 g/mol. The molecule has 2 aliphatic carbocycles. The molecular weight excluding hydrogens is 510 g/mol. The Labute approximate surface area is 228 Å². The van der Waals surface area contributed by atoms with Crippen molar-refractivity contribution in [2.75, 3.05) is 25.6 Å². The van der Waals surface area contributed by atoms with Crippen LogP contribution in [-0.4, -0.2) is 53.9 Å². The maximum Gasteiger partial charge on any atom is 0.217 e. The maximum atomic E-state index is 11.2. The Kier molecular flexibility index (Phi) is 11.7. The summed E-state index contributed by atoms with van der Waals surface area (Å²) in [7, 11) is -6.21. The van der Waals surface area contributed by atoms with Crippen molar-refractivity contribution in [3.63, 3.8) is 0 Å². The lowest BCUT2D eigenvalue weighted by molar-refractivity contribution is -0.121. The molecule has 0 spiro atoms. The molecule has 37 heavy (non-hydrogen) atoms. The van der Waals surface area contributed by atoms with Gasteiger partial charge in [-0.3, -0.25) is 4.79 Å². The molecule has 1 amide bonds. The van der Waals surface area contributed by atoms with Crippen molar-refractivity contribution in [1.82, 2.24) is 14.8 Å². The zero-order valence-corrected chi connectivity index (χ0v) is 26.7. The number of sulfonamides is 2. The van der Waals surface area contributed by atoms with Crippen LogP contribution in [0.1, 0.15) is 107 Å². The number of hydrogen-bond donors (Lipinski definition) is 3. The van der Waals surface area contributed by atoms with E-state index in [0.717, 1.165) is 25.7 Å². The first-order valence-corrected chi connectivity index (χ1v) is 17.4. The van der Waals surface area contributed by atoms with Crippen LogP contribution in [0.5, 0.6) is 0 Å². The average molecular weight is 566 g/mol. The number of carbonyl (C=O) groups excluding carboxylic acids is 1. The summed E-state index contributed by atoms with van der Waals surface area (Å²) >= 11 is 0. The summed E-state index contributed by atoms with van der Waals surface area (Å²) in [6.07, 6.45) is 11.3. The first-order valence-electron chi connectivity index (χ1n) is 13.6. The maximum absolute atomic E-state index is 11.2. The molecule has 0 saturated heterocycles. The third-order valence-electron chi connectivity index (χ3n) is 8.70. The van der Waals surface area contributed by atoms with Gasteiger partial charge in [-0.25, -0.2) is 26.3 Å². The van der Waals surface area contributed by atoms with E-state index in [9.17, 15) is 21.6 Å². The van der Waals surface area contributed by atoms with Gasteiger partial charge >= 0.3 is 0 Å². The SMILES string of the molecule is CC(=O)NC1(C)CCC(C(C)(C)CNS(C)(=O)=O)CC1.CC1(C)CCC(C(C)(C)CNS(C)(=O)=O)CC1. The van der Waals surface area contributed by atoms with Crippen LogP contribution in [0, 0.1) is 28.1 Å². The smallest absolute Gasteiger partial charge is 0.217 e. The van der Waals surface area contributed by atoms with Crippen LogP contribution >= 0.6 is 0 Å². The fraction of sp³-hybridized carbons (Fsp3) is 0.963. The van der Waals surface area contributed by atoms with Crippen molar-refractivity contribution >= 4 is 26.0 Å². The molecule has 0 aromatic rings. The lowest BCUT2D eigenvalue weighted by atomic mass is 9.65. The van der Waals surface area contributed by atoms with E-state index < -0.39 is 20.0 Å².